The van der Waals surface area contributed by atoms with Crippen LogP contribution in [0.2, 0.25) is 0 Å². The average Bonchev–Trinajstić information content (AvgIpc) is 2.35. The van der Waals surface area contributed by atoms with Gasteiger partial charge < -0.3 is 10.5 Å². The van der Waals surface area contributed by atoms with Gasteiger partial charge in [-0.1, -0.05) is 22.9 Å². The number of hydrogen-bond donors (Lipinski definition) is 1. The first-order valence-electron chi connectivity index (χ1n) is 6.82. The third kappa shape index (κ3) is 2.19. The summed E-state index contributed by atoms with van der Waals surface area (Å²) in [5.41, 5.74) is 7.51. The van der Waals surface area contributed by atoms with E-state index in [1.54, 1.807) is 0 Å². The molecule has 0 radical (unpaired) electrons. The SMILES string of the molecule is CC1CCC2(CC1)C[C@H](N)c1cc(Br)ccc1O2. The van der Waals surface area contributed by atoms with E-state index in [2.05, 4.69) is 35.0 Å². The van der Waals surface area contributed by atoms with E-state index in [0.29, 0.717) is 0 Å². The fourth-order valence-electron chi connectivity index (χ4n) is 3.28. The summed E-state index contributed by atoms with van der Waals surface area (Å²) in [5, 5.41) is 0. The van der Waals surface area contributed by atoms with Crippen molar-refractivity contribution < 1.29 is 4.74 Å². The summed E-state index contributed by atoms with van der Waals surface area (Å²) in [7, 11) is 0. The van der Waals surface area contributed by atoms with E-state index in [-0.39, 0.29) is 11.6 Å². The number of halogens is 1. The van der Waals surface area contributed by atoms with E-state index < -0.39 is 0 Å². The molecule has 3 heteroatoms. The summed E-state index contributed by atoms with van der Waals surface area (Å²) in [6.07, 6.45) is 5.79. The zero-order chi connectivity index (χ0) is 12.8. The van der Waals surface area contributed by atoms with E-state index in [4.69, 9.17) is 10.5 Å². The van der Waals surface area contributed by atoms with E-state index in [9.17, 15) is 0 Å². The first-order valence-corrected chi connectivity index (χ1v) is 7.61. The number of nitrogens with two attached hydrogens (primary N) is 1. The van der Waals surface area contributed by atoms with Gasteiger partial charge in [-0.05, 0) is 49.8 Å². The molecule has 1 atom stereocenters. The molecular weight excluding hydrogens is 290 g/mol. The lowest BCUT2D eigenvalue weighted by molar-refractivity contribution is -0.00855. The van der Waals surface area contributed by atoms with Crippen LogP contribution in [0.15, 0.2) is 22.7 Å². The molecule has 0 aromatic heterocycles. The van der Waals surface area contributed by atoms with Gasteiger partial charge in [0.15, 0.2) is 0 Å². The minimum Gasteiger partial charge on any atom is -0.487 e. The molecule has 2 aliphatic rings. The Balaban J connectivity index is 1.89. The van der Waals surface area contributed by atoms with Gasteiger partial charge in [0.1, 0.15) is 11.4 Å². The largest absolute Gasteiger partial charge is 0.487 e. The third-order valence-electron chi connectivity index (χ3n) is 4.48. The van der Waals surface area contributed by atoms with Crippen molar-refractivity contribution in [3.05, 3.63) is 28.2 Å². The molecule has 1 aliphatic carbocycles. The second-order valence-electron chi connectivity index (χ2n) is 5.96. The highest BCUT2D eigenvalue weighted by Gasteiger charge is 2.41. The van der Waals surface area contributed by atoms with Gasteiger partial charge in [-0.25, -0.2) is 0 Å². The highest BCUT2D eigenvalue weighted by atomic mass is 79.9. The Morgan fingerprint density at radius 1 is 1.33 bits per heavy atom. The third-order valence-corrected chi connectivity index (χ3v) is 4.97. The average molecular weight is 310 g/mol. The zero-order valence-electron chi connectivity index (χ0n) is 10.8. The normalized spacial score (nSPS) is 35.1. The Hall–Kier alpha value is -0.540. The Morgan fingerprint density at radius 2 is 2.06 bits per heavy atom. The van der Waals surface area contributed by atoms with Gasteiger partial charge in [-0.15, -0.1) is 0 Å². The van der Waals surface area contributed by atoms with Crippen LogP contribution in [0.25, 0.3) is 0 Å². The highest BCUT2D eigenvalue weighted by Crippen LogP contribution is 2.46. The Bertz CT molecular complexity index is 452. The maximum atomic E-state index is 6.35. The van der Waals surface area contributed by atoms with Gasteiger partial charge in [0.05, 0.1) is 0 Å². The lowest BCUT2D eigenvalue weighted by atomic mass is 9.74. The zero-order valence-corrected chi connectivity index (χ0v) is 12.4. The van der Waals surface area contributed by atoms with E-state index >= 15 is 0 Å². The molecule has 1 saturated carbocycles. The van der Waals surface area contributed by atoms with Crippen LogP contribution >= 0.6 is 15.9 Å². The second kappa shape index (κ2) is 4.53. The van der Waals surface area contributed by atoms with Crippen molar-refractivity contribution in [2.24, 2.45) is 11.7 Å². The number of fused-ring (bicyclic) bond motifs is 1. The molecule has 18 heavy (non-hydrogen) atoms. The van der Waals surface area contributed by atoms with Crippen LogP contribution in [0.1, 0.15) is 50.6 Å². The molecule has 0 saturated heterocycles. The minimum atomic E-state index is 0.00670. The molecule has 1 aromatic carbocycles. The van der Waals surface area contributed by atoms with Crippen molar-refractivity contribution in [2.45, 2.75) is 50.7 Å². The Labute approximate surface area is 117 Å². The first kappa shape index (κ1) is 12.5. The Kier molecular flexibility index (Phi) is 3.15. The van der Waals surface area contributed by atoms with Gasteiger partial charge in [0, 0.05) is 22.5 Å². The number of rotatable bonds is 0. The van der Waals surface area contributed by atoms with Crippen LogP contribution in [0.3, 0.4) is 0 Å². The van der Waals surface area contributed by atoms with Crippen LogP contribution in [-0.2, 0) is 0 Å². The first-order chi connectivity index (χ1) is 8.58. The van der Waals surface area contributed by atoms with Gasteiger partial charge in [-0.3, -0.25) is 0 Å². The fraction of sp³-hybridized carbons (Fsp3) is 0.600. The summed E-state index contributed by atoms with van der Waals surface area (Å²) in [6.45, 7) is 2.33. The lowest BCUT2D eigenvalue weighted by Gasteiger charge is -2.45. The molecule has 0 unspecified atom stereocenters. The maximum absolute atomic E-state index is 6.35. The molecule has 1 heterocycles. The molecule has 2 nitrogen and oxygen atoms in total. The van der Waals surface area contributed by atoms with E-state index in [0.717, 1.165) is 41.0 Å². The predicted molar refractivity (Wildman–Crippen MR) is 76.7 cm³/mol. The summed E-state index contributed by atoms with van der Waals surface area (Å²) in [5.74, 6) is 1.83. The fourth-order valence-corrected chi connectivity index (χ4v) is 3.66. The minimum absolute atomic E-state index is 0.00670. The lowest BCUT2D eigenvalue weighted by Crippen LogP contribution is -2.45. The number of ether oxygens (including phenoxy) is 1. The molecule has 1 aromatic rings. The molecule has 1 fully saturated rings. The van der Waals surface area contributed by atoms with Crippen molar-refractivity contribution >= 4 is 15.9 Å². The standard InChI is InChI=1S/C15H20BrNO/c1-10-4-6-15(7-5-10)9-13(17)12-8-11(16)2-3-14(12)18-15/h2-3,8,10,13H,4-7,9,17H2,1H3/t10?,13-,15?/m0/s1. The van der Waals surface area contributed by atoms with Crippen LogP contribution in [0.5, 0.6) is 5.75 Å². The summed E-state index contributed by atoms with van der Waals surface area (Å²) in [4.78, 5) is 0. The van der Waals surface area contributed by atoms with Crippen molar-refractivity contribution in [3.8, 4) is 5.75 Å². The molecule has 1 spiro atoms. The topological polar surface area (TPSA) is 35.2 Å². The molecule has 0 bridgehead atoms. The van der Waals surface area contributed by atoms with Crippen LogP contribution in [0, 0.1) is 5.92 Å². The molecule has 0 amide bonds. The van der Waals surface area contributed by atoms with Crippen LogP contribution in [-0.4, -0.2) is 5.60 Å². The second-order valence-corrected chi connectivity index (χ2v) is 6.88. The van der Waals surface area contributed by atoms with Gasteiger partial charge in [-0.2, -0.15) is 0 Å². The molecule has 98 valence electrons. The van der Waals surface area contributed by atoms with Crippen LogP contribution in [0.4, 0.5) is 0 Å². The molecule has 1 aliphatic heterocycles. The van der Waals surface area contributed by atoms with Crippen LogP contribution < -0.4 is 10.5 Å². The summed E-state index contributed by atoms with van der Waals surface area (Å²) in [6, 6.07) is 6.30. The van der Waals surface area contributed by atoms with Gasteiger partial charge in [0.25, 0.3) is 0 Å². The summed E-state index contributed by atoms with van der Waals surface area (Å²) < 4.78 is 7.41. The highest BCUT2D eigenvalue weighted by molar-refractivity contribution is 9.10. The van der Waals surface area contributed by atoms with Gasteiger partial charge in [0.2, 0.25) is 0 Å². The molecule has 2 N–H and O–H groups in total. The monoisotopic (exact) mass is 309 g/mol. The van der Waals surface area contributed by atoms with E-state index in [1.165, 1.54) is 12.8 Å². The van der Waals surface area contributed by atoms with Crippen molar-refractivity contribution in [1.82, 2.24) is 0 Å². The van der Waals surface area contributed by atoms with E-state index in [1.807, 2.05) is 6.07 Å². The predicted octanol–water partition coefficient (Wildman–Crippen LogP) is 4.18. The van der Waals surface area contributed by atoms with Crippen molar-refractivity contribution in [2.75, 3.05) is 0 Å². The summed E-state index contributed by atoms with van der Waals surface area (Å²) >= 11 is 3.50. The Morgan fingerprint density at radius 3 is 2.78 bits per heavy atom. The number of hydrogen-bond acceptors (Lipinski definition) is 2. The smallest absolute Gasteiger partial charge is 0.124 e. The number of benzene rings is 1. The van der Waals surface area contributed by atoms with Crippen molar-refractivity contribution in [1.29, 1.82) is 0 Å². The van der Waals surface area contributed by atoms with Gasteiger partial charge >= 0.3 is 0 Å². The molecule has 3 rings (SSSR count). The maximum Gasteiger partial charge on any atom is 0.124 e. The quantitative estimate of drug-likeness (QED) is 0.780. The van der Waals surface area contributed by atoms with Crippen molar-refractivity contribution in [3.63, 3.8) is 0 Å². The molecular formula is C15H20BrNO.